The molecule has 0 spiro atoms. The minimum Gasteiger partial charge on any atom is -0.497 e. The number of β-amino-alcohol motifs (C(OH)–C–C–N with tert-alkyl or cyclic N) is 1. The summed E-state index contributed by atoms with van der Waals surface area (Å²) in [6.07, 6.45) is 4.79. The van der Waals surface area contributed by atoms with Crippen LogP contribution in [-0.2, 0) is 22.5 Å². The second kappa shape index (κ2) is 11.3. The van der Waals surface area contributed by atoms with Crippen molar-refractivity contribution in [2.24, 2.45) is 5.92 Å². The Bertz CT molecular complexity index is 932. The van der Waals surface area contributed by atoms with Crippen LogP contribution in [0.3, 0.4) is 0 Å². The number of alkyl carbamates (subject to hydrolysis) is 1. The fraction of sp³-hybridized carbons (Fsp3) is 0.542. The lowest BCUT2D eigenvalue weighted by Gasteiger charge is -2.31. The second-order valence-electron chi connectivity index (χ2n) is 8.88. The summed E-state index contributed by atoms with van der Waals surface area (Å²) in [6.45, 7) is 1.36. The molecule has 1 aliphatic carbocycles. The van der Waals surface area contributed by atoms with Crippen molar-refractivity contribution in [3.05, 3.63) is 48.0 Å². The molecule has 34 heavy (non-hydrogen) atoms. The number of aromatic amines is 1. The lowest BCUT2D eigenvalue weighted by Crippen LogP contribution is -2.45. The van der Waals surface area contributed by atoms with Gasteiger partial charge >= 0.3 is 6.09 Å². The van der Waals surface area contributed by atoms with Gasteiger partial charge in [-0.15, -0.1) is 0 Å². The number of nitrogens with zero attached hydrogens (tertiary/aromatic N) is 2. The minimum atomic E-state index is -0.787. The third-order valence-electron chi connectivity index (χ3n) is 6.55. The van der Waals surface area contributed by atoms with E-state index in [1.807, 2.05) is 24.3 Å². The number of aliphatic hydroxyl groups excluding tert-OH is 1. The predicted molar refractivity (Wildman–Crippen MR) is 124 cm³/mol. The Balaban J connectivity index is 1.27. The number of carbonyl (C=O) groups excluding carboxylic acids is 2. The molecule has 1 aromatic heterocycles. The van der Waals surface area contributed by atoms with Crippen LogP contribution in [0.4, 0.5) is 4.79 Å². The van der Waals surface area contributed by atoms with Gasteiger partial charge in [0.15, 0.2) is 0 Å². The molecule has 1 aliphatic heterocycles. The summed E-state index contributed by atoms with van der Waals surface area (Å²) in [5, 5.41) is 16.3. The molecule has 10 nitrogen and oxygen atoms in total. The van der Waals surface area contributed by atoms with Crippen LogP contribution >= 0.6 is 0 Å². The normalized spacial score (nSPS) is 22.1. The van der Waals surface area contributed by atoms with E-state index in [1.54, 1.807) is 24.5 Å². The van der Waals surface area contributed by atoms with E-state index in [4.69, 9.17) is 9.47 Å². The third-order valence-corrected chi connectivity index (χ3v) is 6.55. The van der Waals surface area contributed by atoms with Crippen LogP contribution in [0.15, 0.2) is 36.8 Å². The number of hydrogen-bond donors (Lipinski definition) is 4. The molecule has 1 saturated heterocycles. The Morgan fingerprint density at radius 2 is 2.06 bits per heavy atom. The van der Waals surface area contributed by atoms with Crippen LogP contribution in [0.2, 0.25) is 0 Å². The largest absolute Gasteiger partial charge is 0.497 e. The number of carbonyl (C=O) groups is 2. The number of aliphatic hydroxyl groups is 1. The van der Waals surface area contributed by atoms with Gasteiger partial charge in [0, 0.05) is 31.7 Å². The molecule has 4 rings (SSSR count). The van der Waals surface area contributed by atoms with Gasteiger partial charge in [-0.2, -0.15) is 0 Å². The second-order valence-corrected chi connectivity index (χ2v) is 8.88. The number of methoxy groups -OCH3 is 1. The fourth-order valence-corrected chi connectivity index (χ4v) is 4.35. The van der Waals surface area contributed by atoms with Gasteiger partial charge in [0.05, 0.1) is 31.7 Å². The van der Waals surface area contributed by atoms with Gasteiger partial charge in [-0.05, 0) is 37.0 Å². The fourth-order valence-electron chi connectivity index (χ4n) is 4.35. The number of rotatable bonds is 10. The number of benzene rings is 1. The average Bonchev–Trinajstić information content (AvgIpc) is 3.43. The zero-order valence-electron chi connectivity index (χ0n) is 19.4. The molecule has 1 saturated carbocycles. The molecule has 2 fully saturated rings. The molecular weight excluding hydrogens is 438 g/mol. The summed E-state index contributed by atoms with van der Waals surface area (Å²) >= 11 is 0. The predicted octanol–water partition coefficient (Wildman–Crippen LogP) is 1.22. The Morgan fingerprint density at radius 1 is 1.26 bits per heavy atom. The van der Waals surface area contributed by atoms with Gasteiger partial charge in [0.25, 0.3) is 0 Å². The summed E-state index contributed by atoms with van der Waals surface area (Å²) < 4.78 is 10.8. The van der Waals surface area contributed by atoms with E-state index in [1.165, 1.54) is 0 Å². The summed E-state index contributed by atoms with van der Waals surface area (Å²) in [5.74, 6) is 0.927. The summed E-state index contributed by atoms with van der Waals surface area (Å²) in [7, 11) is 1.62. The molecule has 2 aromatic rings. The molecule has 10 heteroatoms. The van der Waals surface area contributed by atoms with Crippen molar-refractivity contribution >= 4 is 12.0 Å². The van der Waals surface area contributed by atoms with Crippen LogP contribution in [0.25, 0.3) is 0 Å². The van der Waals surface area contributed by atoms with Gasteiger partial charge < -0.3 is 35.1 Å². The van der Waals surface area contributed by atoms with E-state index >= 15 is 0 Å². The maximum atomic E-state index is 12.8. The van der Waals surface area contributed by atoms with E-state index in [9.17, 15) is 14.7 Å². The first-order valence-electron chi connectivity index (χ1n) is 11.8. The Kier molecular flexibility index (Phi) is 8.02. The van der Waals surface area contributed by atoms with Gasteiger partial charge in [0.2, 0.25) is 5.91 Å². The molecule has 2 aliphatic rings. The first kappa shape index (κ1) is 24.0. The highest BCUT2D eigenvalue weighted by molar-refractivity contribution is 5.79. The first-order chi connectivity index (χ1) is 16.5. The SMILES string of the molecule is COc1ccc(C[C@@H]2NC[C@@H](O)[C@H]2OC(=O)NCCN(Cc2c[nH]cn2)C(=O)C2CCC2)cc1. The van der Waals surface area contributed by atoms with Gasteiger partial charge in [-0.25, -0.2) is 9.78 Å². The quantitative estimate of drug-likeness (QED) is 0.410. The lowest BCUT2D eigenvalue weighted by molar-refractivity contribution is -0.138. The number of ether oxygens (including phenoxy) is 2. The van der Waals surface area contributed by atoms with Crippen LogP contribution in [-0.4, -0.2) is 77.0 Å². The van der Waals surface area contributed by atoms with Crippen molar-refractivity contribution in [3.63, 3.8) is 0 Å². The molecule has 0 bridgehead atoms. The number of H-pyrrole nitrogens is 1. The Labute approximate surface area is 199 Å². The average molecular weight is 472 g/mol. The van der Waals surface area contributed by atoms with Gasteiger partial charge in [-0.1, -0.05) is 18.6 Å². The van der Waals surface area contributed by atoms with Crippen molar-refractivity contribution in [2.45, 2.75) is 50.5 Å². The monoisotopic (exact) mass is 471 g/mol. The number of amides is 2. The van der Waals surface area contributed by atoms with Gasteiger partial charge in [0.1, 0.15) is 18.0 Å². The molecule has 0 unspecified atom stereocenters. The summed E-state index contributed by atoms with van der Waals surface area (Å²) in [4.78, 5) is 34.1. The molecule has 2 heterocycles. The van der Waals surface area contributed by atoms with E-state index in [0.717, 1.165) is 36.3 Å². The number of hydrogen-bond acceptors (Lipinski definition) is 7. The zero-order valence-corrected chi connectivity index (χ0v) is 19.4. The highest BCUT2D eigenvalue weighted by Crippen LogP contribution is 2.28. The standard InChI is InChI=1S/C24H33N5O5/c1-33-19-7-5-16(6-8-19)11-20-22(21(30)13-27-20)34-24(32)26-9-10-29(14-18-12-25-15-28-18)23(31)17-3-2-4-17/h5-8,12,15,17,20-22,27,30H,2-4,9-11,13-14H2,1H3,(H,25,28)(H,26,32)/t20-,21+,22-/m0/s1. The first-order valence-corrected chi connectivity index (χ1v) is 11.8. The lowest BCUT2D eigenvalue weighted by atomic mass is 9.84. The van der Waals surface area contributed by atoms with Crippen molar-refractivity contribution in [1.82, 2.24) is 25.5 Å². The molecule has 3 atom stereocenters. The molecule has 4 N–H and O–H groups in total. The number of nitrogens with one attached hydrogen (secondary N) is 3. The van der Waals surface area contributed by atoms with Crippen molar-refractivity contribution < 1.29 is 24.2 Å². The molecule has 0 radical (unpaired) electrons. The summed E-state index contributed by atoms with van der Waals surface area (Å²) in [5.41, 5.74) is 1.82. The Hall–Kier alpha value is -3.11. The van der Waals surface area contributed by atoms with Crippen molar-refractivity contribution in [1.29, 1.82) is 0 Å². The van der Waals surface area contributed by atoms with Gasteiger partial charge in [-0.3, -0.25) is 4.79 Å². The number of aromatic nitrogens is 2. The molecule has 2 amide bonds. The van der Waals surface area contributed by atoms with Crippen molar-refractivity contribution in [3.8, 4) is 5.75 Å². The smallest absolute Gasteiger partial charge is 0.407 e. The van der Waals surface area contributed by atoms with Crippen LogP contribution in [0, 0.1) is 5.92 Å². The number of imidazole rings is 1. The zero-order chi connectivity index (χ0) is 23.9. The van der Waals surface area contributed by atoms with Crippen LogP contribution in [0.5, 0.6) is 5.75 Å². The van der Waals surface area contributed by atoms with E-state index < -0.39 is 18.3 Å². The highest BCUT2D eigenvalue weighted by atomic mass is 16.6. The van der Waals surface area contributed by atoms with Crippen LogP contribution < -0.4 is 15.4 Å². The van der Waals surface area contributed by atoms with E-state index in [2.05, 4.69) is 20.6 Å². The third kappa shape index (κ3) is 6.06. The topological polar surface area (TPSA) is 129 Å². The molecule has 1 aromatic carbocycles. The minimum absolute atomic E-state index is 0.0596. The summed E-state index contributed by atoms with van der Waals surface area (Å²) in [6, 6.07) is 7.46. The van der Waals surface area contributed by atoms with Crippen molar-refractivity contribution in [2.75, 3.05) is 26.7 Å². The molecule has 184 valence electrons. The van der Waals surface area contributed by atoms with E-state index in [0.29, 0.717) is 26.1 Å². The van der Waals surface area contributed by atoms with E-state index in [-0.39, 0.29) is 24.4 Å². The highest BCUT2D eigenvalue weighted by Gasteiger charge is 2.38. The maximum Gasteiger partial charge on any atom is 0.407 e. The molecular formula is C24H33N5O5. The maximum absolute atomic E-state index is 12.8. The van der Waals surface area contributed by atoms with Crippen LogP contribution in [0.1, 0.15) is 30.5 Å². The Morgan fingerprint density at radius 3 is 2.71 bits per heavy atom.